The molecule has 35 heavy (non-hydrogen) atoms. The molecule has 1 saturated heterocycles. The molecule has 0 bridgehead atoms. The van der Waals surface area contributed by atoms with Gasteiger partial charge in [0.25, 0.3) is 0 Å². The molecule has 2 unspecified atom stereocenters. The molecule has 3 aromatic rings. The van der Waals surface area contributed by atoms with Crippen LogP contribution < -0.4 is 4.74 Å². The van der Waals surface area contributed by atoms with Gasteiger partial charge in [-0.3, -0.25) is 0 Å². The van der Waals surface area contributed by atoms with Gasteiger partial charge < -0.3 is 14.6 Å². The van der Waals surface area contributed by atoms with Gasteiger partial charge in [0.05, 0.1) is 12.7 Å². The fourth-order valence-electron chi connectivity index (χ4n) is 5.04. The highest BCUT2D eigenvalue weighted by molar-refractivity contribution is 5.64. The second-order valence-corrected chi connectivity index (χ2v) is 9.68. The van der Waals surface area contributed by atoms with Crippen molar-refractivity contribution in [1.29, 1.82) is 0 Å². The Labute approximate surface area is 203 Å². The summed E-state index contributed by atoms with van der Waals surface area (Å²) in [4.78, 5) is 0. The zero-order valence-electron chi connectivity index (χ0n) is 19.6. The maximum atomic E-state index is 14.8. The lowest BCUT2D eigenvalue weighted by molar-refractivity contribution is 0.0963. The molecule has 1 heterocycles. The average Bonchev–Trinajstić information content (AvgIpc) is 3.71. The minimum atomic E-state index is -0.966. The first-order chi connectivity index (χ1) is 16.9. The fourth-order valence-corrected chi connectivity index (χ4v) is 5.04. The van der Waals surface area contributed by atoms with E-state index in [0.29, 0.717) is 17.7 Å². The lowest BCUT2D eigenvalue weighted by Gasteiger charge is -2.30. The van der Waals surface area contributed by atoms with Crippen molar-refractivity contribution < 1.29 is 27.8 Å². The monoisotopic (exact) mass is 482 g/mol. The first kappa shape index (κ1) is 23.9. The molecule has 1 aliphatic carbocycles. The molecule has 0 radical (unpaired) electrons. The number of aliphatic hydroxyl groups excluding tert-OH is 1. The summed E-state index contributed by atoms with van der Waals surface area (Å²) < 4.78 is 54.6. The van der Waals surface area contributed by atoms with Crippen molar-refractivity contribution >= 4 is 0 Å². The maximum absolute atomic E-state index is 14.8. The molecule has 6 heteroatoms. The van der Waals surface area contributed by atoms with Gasteiger partial charge in [-0.15, -0.1) is 0 Å². The predicted molar refractivity (Wildman–Crippen MR) is 128 cm³/mol. The molecule has 1 N–H and O–H groups in total. The van der Waals surface area contributed by atoms with Gasteiger partial charge >= 0.3 is 0 Å². The van der Waals surface area contributed by atoms with Crippen LogP contribution in [0.1, 0.15) is 61.3 Å². The van der Waals surface area contributed by atoms with E-state index in [9.17, 15) is 18.3 Å². The Morgan fingerprint density at radius 1 is 0.886 bits per heavy atom. The van der Waals surface area contributed by atoms with Crippen molar-refractivity contribution in [3.63, 3.8) is 0 Å². The lowest BCUT2D eigenvalue weighted by atomic mass is 9.77. The molecule has 0 amide bonds. The van der Waals surface area contributed by atoms with E-state index in [-0.39, 0.29) is 42.2 Å². The van der Waals surface area contributed by atoms with Crippen LogP contribution in [0.3, 0.4) is 0 Å². The molecular formula is C29H29F3O3. The minimum absolute atomic E-state index is 0.0446. The Morgan fingerprint density at radius 2 is 1.54 bits per heavy atom. The van der Waals surface area contributed by atoms with Crippen molar-refractivity contribution in [3.8, 4) is 16.9 Å². The smallest absolute Gasteiger partial charge is 0.200 e. The number of benzene rings is 3. The highest BCUT2D eigenvalue weighted by Crippen LogP contribution is 2.39. The molecule has 3 aromatic carbocycles. The van der Waals surface area contributed by atoms with E-state index >= 15 is 0 Å². The molecule has 2 fully saturated rings. The zero-order valence-corrected chi connectivity index (χ0v) is 19.6. The van der Waals surface area contributed by atoms with Gasteiger partial charge in [0.15, 0.2) is 11.6 Å². The quantitative estimate of drug-likeness (QED) is 0.366. The third-order valence-corrected chi connectivity index (χ3v) is 7.33. The van der Waals surface area contributed by atoms with E-state index in [1.165, 1.54) is 12.1 Å². The third kappa shape index (κ3) is 5.24. The Morgan fingerprint density at radius 3 is 2.17 bits per heavy atom. The largest absolute Gasteiger partial charge is 0.486 e. The van der Waals surface area contributed by atoms with Gasteiger partial charge in [-0.25, -0.2) is 8.78 Å². The Balaban J connectivity index is 1.22. The molecule has 184 valence electrons. The fraction of sp³-hybridized carbons (Fsp3) is 0.379. The van der Waals surface area contributed by atoms with Gasteiger partial charge in [-0.05, 0) is 78.8 Å². The van der Waals surface area contributed by atoms with Gasteiger partial charge in [0.2, 0.25) is 5.82 Å². The molecule has 3 nitrogen and oxygen atoms in total. The number of aliphatic hydroxyl groups is 1. The SMILES string of the molecule is CC(O)C1CCC(c2ccc(OCc3ccc(-c4ccc(C5CO5)c(F)c4)cc3)c(F)c2F)CC1. The minimum Gasteiger partial charge on any atom is -0.486 e. The molecule has 0 spiro atoms. The van der Waals surface area contributed by atoms with Crippen LogP contribution in [0.4, 0.5) is 13.2 Å². The number of hydrogen-bond donors (Lipinski definition) is 1. The van der Waals surface area contributed by atoms with Gasteiger partial charge in [-0.1, -0.05) is 42.5 Å². The third-order valence-electron chi connectivity index (χ3n) is 7.33. The molecule has 5 rings (SSSR count). The van der Waals surface area contributed by atoms with Crippen molar-refractivity contribution in [1.82, 2.24) is 0 Å². The highest BCUT2D eigenvalue weighted by atomic mass is 19.2. The number of epoxide rings is 1. The summed E-state index contributed by atoms with van der Waals surface area (Å²) in [6.45, 7) is 2.43. The summed E-state index contributed by atoms with van der Waals surface area (Å²) in [6.07, 6.45) is 2.59. The van der Waals surface area contributed by atoms with E-state index in [1.54, 1.807) is 19.1 Å². The highest BCUT2D eigenvalue weighted by Gasteiger charge is 2.29. The molecule has 0 aromatic heterocycles. The summed E-state index contributed by atoms with van der Waals surface area (Å²) >= 11 is 0. The van der Waals surface area contributed by atoms with Crippen molar-refractivity contribution in [2.45, 2.75) is 57.3 Å². The van der Waals surface area contributed by atoms with Crippen LogP contribution in [-0.4, -0.2) is 17.8 Å². The summed E-state index contributed by atoms with van der Waals surface area (Å²) in [7, 11) is 0. The molecular weight excluding hydrogens is 453 g/mol. The van der Waals surface area contributed by atoms with Gasteiger partial charge in [0, 0.05) is 5.56 Å². The predicted octanol–water partition coefficient (Wildman–Crippen LogP) is 7.08. The second-order valence-electron chi connectivity index (χ2n) is 9.68. The van der Waals surface area contributed by atoms with E-state index < -0.39 is 11.6 Å². The first-order valence-corrected chi connectivity index (χ1v) is 12.2. The Kier molecular flexibility index (Phi) is 6.85. The number of halogens is 3. The van der Waals surface area contributed by atoms with E-state index in [2.05, 4.69) is 0 Å². The van der Waals surface area contributed by atoms with Crippen molar-refractivity contribution in [3.05, 3.63) is 88.7 Å². The van der Waals surface area contributed by atoms with E-state index in [4.69, 9.17) is 9.47 Å². The second kappa shape index (κ2) is 10.0. The number of hydrogen-bond acceptors (Lipinski definition) is 3. The van der Waals surface area contributed by atoms with E-state index in [0.717, 1.165) is 42.4 Å². The molecule has 1 saturated carbocycles. The Hall–Kier alpha value is -2.83. The van der Waals surface area contributed by atoms with Gasteiger partial charge in [-0.2, -0.15) is 4.39 Å². The molecule has 1 aliphatic heterocycles. The van der Waals surface area contributed by atoms with Crippen molar-refractivity contribution in [2.75, 3.05) is 6.61 Å². The number of rotatable bonds is 7. The topological polar surface area (TPSA) is 42.0 Å². The van der Waals surface area contributed by atoms with Crippen LogP contribution in [0, 0.1) is 23.4 Å². The molecule has 2 aliphatic rings. The summed E-state index contributed by atoms with van der Waals surface area (Å²) in [5.74, 6) is -2.03. The number of ether oxygens (including phenoxy) is 2. The van der Waals surface area contributed by atoms with Crippen LogP contribution >= 0.6 is 0 Å². The normalized spacial score (nSPS) is 22.6. The average molecular weight is 483 g/mol. The van der Waals surface area contributed by atoms with E-state index in [1.807, 2.05) is 30.3 Å². The van der Waals surface area contributed by atoms with Crippen LogP contribution in [0.25, 0.3) is 11.1 Å². The summed E-state index contributed by atoms with van der Waals surface area (Å²) in [6, 6.07) is 15.6. The van der Waals surface area contributed by atoms with Gasteiger partial charge in [0.1, 0.15) is 18.5 Å². The van der Waals surface area contributed by atoms with Crippen LogP contribution in [-0.2, 0) is 11.3 Å². The molecule has 2 atom stereocenters. The van der Waals surface area contributed by atoms with Crippen LogP contribution in [0.5, 0.6) is 5.75 Å². The first-order valence-electron chi connectivity index (χ1n) is 12.2. The maximum Gasteiger partial charge on any atom is 0.200 e. The van der Waals surface area contributed by atoms with Crippen LogP contribution in [0.15, 0.2) is 54.6 Å². The summed E-state index contributed by atoms with van der Waals surface area (Å²) in [5, 5.41) is 9.77. The Bertz CT molecular complexity index is 1180. The summed E-state index contributed by atoms with van der Waals surface area (Å²) in [5.41, 5.74) is 3.35. The zero-order chi connectivity index (χ0) is 24.5. The van der Waals surface area contributed by atoms with Crippen LogP contribution in [0.2, 0.25) is 0 Å². The standard InChI is InChI=1S/C29H29F3O3/c1-17(33)19-6-8-21(9-7-19)23-12-13-26(29(32)28(23)31)34-15-18-2-4-20(5-3-18)22-10-11-24(25(30)14-22)27-16-35-27/h2-5,10-14,17,19,21,27,33H,6-9,15-16H2,1H3. The lowest BCUT2D eigenvalue weighted by Crippen LogP contribution is -2.23. The van der Waals surface area contributed by atoms with Crippen molar-refractivity contribution in [2.24, 2.45) is 5.92 Å².